The van der Waals surface area contributed by atoms with Gasteiger partial charge in [0.05, 0.1) is 7.11 Å². The number of nitrogens with zero attached hydrogens (tertiary/aromatic N) is 1. The molecule has 1 fully saturated rings. The number of piperidine rings is 1. The van der Waals surface area contributed by atoms with Crippen molar-refractivity contribution in [2.24, 2.45) is 11.7 Å². The van der Waals surface area contributed by atoms with Gasteiger partial charge in [-0.15, -0.1) is 12.4 Å². The molecule has 1 aromatic carbocycles. The van der Waals surface area contributed by atoms with Crippen molar-refractivity contribution in [1.82, 2.24) is 4.90 Å². The number of hydrogen-bond acceptors (Lipinski definition) is 3. The SMILES string of the molecule is COc1cccc(C(C)N2CCCC(CN)C2)c1.Cl. The van der Waals surface area contributed by atoms with E-state index in [4.69, 9.17) is 10.5 Å². The molecule has 2 rings (SSSR count). The van der Waals surface area contributed by atoms with E-state index in [1.54, 1.807) is 7.11 Å². The third-order valence-corrected chi connectivity index (χ3v) is 4.01. The summed E-state index contributed by atoms with van der Waals surface area (Å²) in [6, 6.07) is 8.81. The summed E-state index contributed by atoms with van der Waals surface area (Å²) >= 11 is 0. The fourth-order valence-corrected chi connectivity index (χ4v) is 2.75. The van der Waals surface area contributed by atoms with E-state index >= 15 is 0 Å². The Kier molecular flexibility index (Phi) is 6.63. The van der Waals surface area contributed by atoms with Crippen molar-refractivity contribution in [3.8, 4) is 5.75 Å². The maximum absolute atomic E-state index is 5.80. The van der Waals surface area contributed by atoms with E-state index in [0.717, 1.165) is 18.8 Å². The first kappa shape index (κ1) is 16.3. The lowest BCUT2D eigenvalue weighted by atomic mass is 9.95. The summed E-state index contributed by atoms with van der Waals surface area (Å²) in [4.78, 5) is 2.54. The first-order valence-electron chi connectivity index (χ1n) is 6.82. The minimum Gasteiger partial charge on any atom is -0.497 e. The molecule has 2 atom stereocenters. The fourth-order valence-electron chi connectivity index (χ4n) is 2.75. The Bertz CT molecular complexity index is 386. The summed E-state index contributed by atoms with van der Waals surface area (Å²) in [5.41, 5.74) is 7.13. The molecular weight excluding hydrogens is 260 g/mol. The number of benzene rings is 1. The van der Waals surface area contributed by atoms with Gasteiger partial charge in [-0.1, -0.05) is 12.1 Å². The van der Waals surface area contributed by atoms with Gasteiger partial charge in [0.2, 0.25) is 0 Å². The number of hydrogen-bond donors (Lipinski definition) is 1. The number of likely N-dealkylation sites (tertiary alicyclic amines) is 1. The first-order valence-corrected chi connectivity index (χ1v) is 6.82. The molecule has 2 unspecified atom stereocenters. The molecule has 3 nitrogen and oxygen atoms in total. The molecule has 0 aromatic heterocycles. The molecule has 1 saturated heterocycles. The molecule has 0 radical (unpaired) electrons. The molecule has 1 aliphatic rings. The number of rotatable bonds is 4. The maximum Gasteiger partial charge on any atom is 0.119 e. The lowest BCUT2D eigenvalue weighted by Gasteiger charge is -2.36. The molecule has 19 heavy (non-hydrogen) atoms. The van der Waals surface area contributed by atoms with Gasteiger partial charge in [-0.05, 0) is 56.5 Å². The average molecular weight is 285 g/mol. The van der Waals surface area contributed by atoms with E-state index in [-0.39, 0.29) is 12.4 Å². The number of ether oxygens (including phenoxy) is 1. The predicted molar refractivity (Wildman–Crippen MR) is 82.0 cm³/mol. The highest BCUT2D eigenvalue weighted by molar-refractivity contribution is 5.85. The van der Waals surface area contributed by atoms with Gasteiger partial charge in [0.15, 0.2) is 0 Å². The zero-order valence-corrected chi connectivity index (χ0v) is 12.7. The van der Waals surface area contributed by atoms with Crippen molar-refractivity contribution >= 4 is 12.4 Å². The summed E-state index contributed by atoms with van der Waals surface area (Å²) in [5.74, 6) is 1.60. The third kappa shape index (κ3) is 4.10. The summed E-state index contributed by atoms with van der Waals surface area (Å²) < 4.78 is 5.30. The number of nitrogens with two attached hydrogens (primary N) is 1. The van der Waals surface area contributed by atoms with Crippen LogP contribution in [0.3, 0.4) is 0 Å². The minimum absolute atomic E-state index is 0. The smallest absolute Gasteiger partial charge is 0.119 e. The highest BCUT2D eigenvalue weighted by Gasteiger charge is 2.23. The van der Waals surface area contributed by atoms with Crippen LogP contribution in [0.4, 0.5) is 0 Å². The lowest BCUT2D eigenvalue weighted by Crippen LogP contribution is -2.39. The molecular formula is C15H25ClN2O. The molecule has 2 N–H and O–H groups in total. The topological polar surface area (TPSA) is 38.5 Å². The molecule has 0 aliphatic carbocycles. The molecule has 1 heterocycles. The molecule has 0 bridgehead atoms. The van der Waals surface area contributed by atoms with Gasteiger partial charge in [-0.2, -0.15) is 0 Å². The van der Waals surface area contributed by atoms with Gasteiger partial charge >= 0.3 is 0 Å². The zero-order chi connectivity index (χ0) is 13.0. The normalized spacial score (nSPS) is 21.5. The van der Waals surface area contributed by atoms with Gasteiger partial charge < -0.3 is 10.5 Å². The van der Waals surface area contributed by atoms with Crippen LogP contribution in [0.5, 0.6) is 5.75 Å². The van der Waals surface area contributed by atoms with Gasteiger partial charge in [-0.25, -0.2) is 0 Å². The van der Waals surface area contributed by atoms with E-state index in [1.807, 2.05) is 6.07 Å². The van der Waals surface area contributed by atoms with Crippen LogP contribution in [0.25, 0.3) is 0 Å². The van der Waals surface area contributed by atoms with Gasteiger partial charge in [0.1, 0.15) is 5.75 Å². The van der Waals surface area contributed by atoms with Crippen molar-refractivity contribution in [2.75, 3.05) is 26.7 Å². The average Bonchev–Trinajstić information content (AvgIpc) is 2.46. The molecule has 0 spiro atoms. The molecule has 108 valence electrons. The van der Waals surface area contributed by atoms with E-state index < -0.39 is 0 Å². The molecule has 1 aromatic rings. The van der Waals surface area contributed by atoms with Gasteiger partial charge in [0, 0.05) is 12.6 Å². The Balaban J connectivity index is 0.00000180. The van der Waals surface area contributed by atoms with Crippen molar-refractivity contribution in [2.45, 2.75) is 25.8 Å². The number of methoxy groups -OCH3 is 1. The van der Waals surface area contributed by atoms with Crippen molar-refractivity contribution in [3.63, 3.8) is 0 Å². The number of halogens is 1. The lowest BCUT2D eigenvalue weighted by molar-refractivity contribution is 0.134. The third-order valence-electron chi connectivity index (χ3n) is 4.01. The van der Waals surface area contributed by atoms with Crippen LogP contribution in [0.15, 0.2) is 24.3 Å². The molecule has 0 amide bonds. The highest BCUT2D eigenvalue weighted by atomic mass is 35.5. The van der Waals surface area contributed by atoms with Crippen molar-refractivity contribution in [1.29, 1.82) is 0 Å². The first-order chi connectivity index (χ1) is 8.74. The van der Waals surface area contributed by atoms with Gasteiger partial charge in [-0.3, -0.25) is 4.90 Å². The maximum atomic E-state index is 5.80. The van der Waals surface area contributed by atoms with Crippen molar-refractivity contribution in [3.05, 3.63) is 29.8 Å². The zero-order valence-electron chi connectivity index (χ0n) is 11.8. The summed E-state index contributed by atoms with van der Waals surface area (Å²) in [7, 11) is 1.72. The Hall–Kier alpha value is -0.770. The minimum atomic E-state index is 0. The van der Waals surface area contributed by atoms with Crippen LogP contribution in [-0.2, 0) is 0 Å². The quantitative estimate of drug-likeness (QED) is 0.924. The monoisotopic (exact) mass is 284 g/mol. The van der Waals surface area contributed by atoms with Crippen molar-refractivity contribution < 1.29 is 4.74 Å². The standard InChI is InChI=1S/C15H24N2O.ClH/c1-12(14-6-3-7-15(9-14)18-2)17-8-4-5-13(10-16)11-17;/h3,6-7,9,12-13H,4-5,8,10-11,16H2,1-2H3;1H. The largest absolute Gasteiger partial charge is 0.497 e. The highest BCUT2D eigenvalue weighted by Crippen LogP contribution is 2.28. The van der Waals surface area contributed by atoms with Crippen LogP contribution >= 0.6 is 12.4 Å². The summed E-state index contributed by atoms with van der Waals surface area (Å²) in [6.07, 6.45) is 2.54. The fraction of sp³-hybridized carbons (Fsp3) is 0.600. The van der Waals surface area contributed by atoms with Crippen LogP contribution in [-0.4, -0.2) is 31.6 Å². The molecule has 1 aliphatic heterocycles. The van der Waals surface area contributed by atoms with E-state index in [1.165, 1.54) is 24.9 Å². The van der Waals surface area contributed by atoms with Crippen LogP contribution in [0.2, 0.25) is 0 Å². The Morgan fingerprint density at radius 3 is 2.95 bits per heavy atom. The Labute approximate surface area is 122 Å². The summed E-state index contributed by atoms with van der Waals surface area (Å²) in [6.45, 7) is 5.37. The Morgan fingerprint density at radius 2 is 2.26 bits per heavy atom. The van der Waals surface area contributed by atoms with Crippen LogP contribution in [0.1, 0.15) is 31.4 Å². The van der Waals surface area contributed by atoms with Gasteiger partial charge in [0.25, 0.3) is 0 Å². The van der Waals surface area contributed by atoms with E-state index in [9.17, 15) is 0 Å². The second kappa shape index (κ2) is 7.73. The molecule has 0 saturated carbocycles. The Morgan fingerprint density at radius 1 is 1.47 bits per heavy atom. The van der Waals surface area contributed by atoms with Crippen LogP contribution in [0, 0.1) is 5.92 Å². The predicted octanol–water partition coefficient (Wildman–Crippen LogP) is 2.85. The second-order valence-electron chi connectivity index (χ2n) is 5.19. The second-order valence-corrected chi connectivity index (χ2v) is 5.19. The molecule has 4 heteroatoms. The van der Waals surface area contributed by atoms with E-state index in [0.29, 0.717) is 12.0 Å². The van der Waals surface area contributed by atoms with E-state index in [2.05, 4.69) is 30.0 Å². The van der Waals surface area contributed by atoms with Crippen LogP contribution < -0.4 is 10.5 Å². The summed E-state index contributed by atoms with van der Waals surface area (Å²) in [5, 5.41) is 0.